The minimum atomic E-state index is -0.297. The van der Waals surface area contributed by atoms with E-state index in [1.165, 1.54) is 12.0 Å². The minimum Gasteiger partial charge on any atom is -0.459 e. The van der Waals surface area contributed by atoms with Crippen molar-refractivity contribution in [2.24, 2.45) is 0 Å². The summed E-state index contributed by atoms with van der Waals surface area (Å²) >= 11 is 6.28. The van der Waals surface area contributed by atoms with Gasteiger partial charge in [0, 0.05) is 30.7 Å². The molecule has 154 valence electrons. The molecule has 0 saturated carbocycles. The maximum atomic E-state index is 12.6. The predicted molar refractivity (Wildman–Crippen MR) is 113 cm³/mol. The number of carbonyl (C=O) groups is 1. The Morgan fingerprint density at radius 2 is 2.00 bits per heavy atom. The van der Waals surface area contributed by atoms with E-state index in [-0.39, 0.29) is 17.0 Å². The second-order valence-electron chi connectivity index (χ2n) is 8.55. The Morgan fingerprint density at radius 3 is 2.80 bits per heavy atom. The lowest BCUT2D eigenvalue weighted by Crippen LogP contribution is -2.48. The molecule has 2 spiro atoms. The van der Waals surface area contributed by atoms with Crippen molar-refractivity contribution < 1.29 is 13.9 Å². The number of aromatic nitrogens is 1. The molecule has 3 aliphatic heterocycles. The topological polar surface area (TPSA) is 59.6 Å². The second kappa shape index (κ2) is 6.40. The molecule has 5 heterocycles. The molecule has 6 rings (SSSR count). The van der Waals surface area contributed by atoms with Gasteiger partial charge >= 0.3 is 0 Å². The van der Waals surface area contributed by atoms with Crippen molar-refractivity contribution in [2.75, 3.05) is 25.0 Å². The van der Waals surface area contributed by atoms with Crippen LogP contribution in [0.15, 0.2) is 59.3 Å². The third kappa shape index (κ3) is 2.63. The number of anilines is 1. The molecule has 2 saturated heterocycles. The van der Waals surface area contributed by atoms with Gasteiger partial charge < -0.3 is 23.9 Å². The molecule has 0 aliphatic carbocycles. The van der Waals surface area contributed by atoms with Gasteiger partial charge in [0.15, 0.2) is 5.76 Å². The molecular formula is C23H22ClN3O3. The highest BCUT2D eigenvalue weighted by atomic mass is 35.5. The van der Waals surface area contributed by atoms with E-state index in [0.717, 1.165) is 30.6 Å². The molecule has 1 N–H and O–H groups in total. The van der Waals surface area contributed by atoms with Crippen molar-refractivity contribution in [2.45, 2.75) is 30.4 Å². The highest BCUT2D eigenvalue weighted by Crippen LogP contribution is 2.50. The summed E-state index contributed by atoms with van der Waals surface area (Å²) in [6.45, 7) is 1.92. The molecule has 1 amide bonds. The standard InChI is InChI=1S/C23H22ClN3O3/c24-16-5-6-18-17(13-16)25-23(20-4-1-9-27(18)20)14-22(30-15-23)7-10-26(11-8-22)21(28)19-3-2-12-29-19/h1-6,9,12-13,25H,7-8,10-11,14-15H2/t23-/m1/s1. The number of halogens is 1. The van der Waals surface area contributed by atoms with Crippen molar-refractivity contribution in [1.82, 2.24) is 9.47 Å². The number of nitrogens with one attached hydrogen (secondary N) is 1. The Bertz CT molecular complexity index is 1110. The number of furan rings is 1. The number of hydrogen-bond donors (Lipinski definition) is 1. The molecule has 2 aromatic heterocycles. The molecule has 3 aromatic rings. The van der Waals surface area contributed by atoms with E-state index in [2.05, 4.69) is 28.2 Å². The number of fused-ring (bicyclic) bond motifs is 4. The number of carbonyl (C=O) groups excluding carboxylic acids is 1. The maximum Gasteiger partial charge on any atom is 0.289 e. The summed E-state index contributed by atoms with van der Waals surface area (Å²) in [5, 5.41) is 4.47. The second-order valence-corrected chi connectivity index (χ2v) is 8.99. The number of hydrogen-bond acceptors (Lipinski definition) is 4. The summed E-state index contributed by atoms with van der Waals surface area (Å²) in [6.07, 6.45) is 6.12. The van der Waals surface area contributed by atoms with Crippen molar-refractivity contribution in [3.63, 3.8) is 0 Å². The summed E-state index contributed by atoms with van der Waals surface area (Å²) in [7, 11) is 0. The van der Waals surface area contributed by atoms with Gasteiger partial charge in [0.25, 0.3) is 5.91 Å². The van der Waals surface area contributed by atoms with E-state index in [1.807, 2.05) is 23.1 Å². The number of benzene rings is 1. The van der Waals surface area contributed by atoms with Crippen LogP contribution < -0.4 is 5.32 Å². The highest BCUT2D eigenvalue weighted by Gasteiger charge is 2.54. The van der Waals surface area contributed by atoms with Crippen LogP contribution in [0.2, 0.25) is 5.02 Å². The molecule has 0 unspecified atom stereocenters. The monoisotopic (exact) mass is 423 g/mol. The van der Waals surface area contributed by atoms with Gasteiger partial charge in [-0.25, -0.2) is 0 Å². The normalized spacial score (nSPS) is 24.0. The minimum absolute atomic E-state index is 0.0456. The van der Waals surface area contributed by atoms with Gasteiger partial charge in [-0.15, -0.1) is 0 Å². The Hall–Kier alpha value is -2.70. The first-order chi connectivity index (χ1) is 14.6. The Kier molecular flexibility index (Phi) is 3.86. The van der Waals surface area contributed by atoms with Crippen LogP contribution in [0.4, 0.5) is 5.69 Å². The van der Waals surface area contributed by atoms with Crippen molar-refractivity contribution in [1.29, 1.82) is 0 Å². The Labute approximate surface area is 179 Å². The number of rotatable bonds is 1. The van der Waals surface area contributed by atoms with Crippen LogP contribution in [0.3, 0.4) is 0 Å². The van der Waals surface area contributed by atoms with Crippen LogP contribution in [0, 0.1) is 0 Å². The fourth-order valence-corrected chi connectivity index (χ4v) is 5.46. The van der Waals surface area contributed by atoms with Gasteiger partial charge in [0.2, 0.25) is 0 Å². The first-order valence-electron chi connectivity index (χ1n) is 10.3. The predicted octanol–water partition coefficient (Wildman–Crippen LogP) is 4.44. The molecular weight excluding hydrogens is 402 g/mol. The number of ether oxygens (including phenoxy) is 1. The fraction of sp³-hybridized carbons (Fsp3) is 0.348. The summed E-state index contributed by atoms with van der Waals surface area (Å²) in [5.74, 6) is 0.353. The first-order valence-corrected chi connectivity index (χ1v) is 10.7. The van der Waals surface area contributed by atoms with Crippen LogP contribution in [-0.4, -0.2) is 40.7 Å². The third-order valence-electron chi connectivity index (χ3n) is 6.77. The first kappa shape index (κ1) is 18.1. The van der Waals surface area contributed by atoms with Crippen molar-refractivity contribution in [3.05, 3.63) is 71.4 Å². The number of likely N-dealkylation sites (tertiary alicyclic amines) is 1. The lowest BCUT2D eigenvalue weighted by Gasteiger charge is -2.41. The number of nitrogens with zero attached hydrogens (tertiary/aromatic N) is 2. The summed E-state index contributed by atoms with van der Waals surface area (Å²) in [5.41, 5.74) is 2.80. The lowest BCUT2D eigenvalue weighted by molar-refractivity contribution is -0.0396. The average Bonchev–Trinajstić information content (AvgIpc) is 3.49. The zero-order valence-electron chi connectivity index (χ0n) is 16.4. The van der Waals surface area contributed by atoms with E-state index in [9.17, 15) is 4.79 Å². The Balaban J connectivity index is 1.26. The third-order valence-corrected chi connectivity index (χ3v) is 7.01. The molecule has 7 heteroatoms. The highest BCUT2D eigenvalue weighted by molar-refractivity contribution is 6.31. The summed E-state index contributed by atoms with van der Waals surface area (Å²) < 4.78 is 14.0. The van der Waals surface area contributed by atoms with Crippen LogP contribution in [-0.2, 0) is 10.3 Å². The Morgan fingerprint density at radius 1 is 1.13 bits per heavy atom. The quantitative estimate of drug-likeness (QED) is 0.628. The largest absolute Gasteiger partial charge is 0.459 e. The number of piperidine rings is 1. The lowest BCUT2D eigenvalue weighted by atomic mass is 9.79. The van der Waals surface area contributed by atoms with E-state index >= 15 is 0 Å². The molecule has 6 nitrogen and oxygen atoms in total. The van der Waals surface area contributed by atoms with Gasteiger partial charge in [-0.3, -0.25) is 4.79 Å². The van der Waals surface area contributed by atoms with Gasteiger partial charge in [-0.2, -0.15) is 0 Å². The zero-order chi connectivity index (χ0) is 20.3. The zero-order valence-corrected chi connectivity index (χ0v) is 17.2. The van der Waals surface area contributed by atoms with Crippen molar-refractivity contribution >= 4 is 23.2 Å². The van der Waals surface area contributed by atoms with Crippen LogP contribution in [0.1, 0.15) is 35.5 Å². The van der Waals surface area contributed by atoms with E-state index in [4.69, 9.17) is 20.8 Å². The van der Waals surface area contributed by atoms with Gasteiger partial charge in [-0.1, -0.05) is 11.6 Å². The molecule has 3 aliphatic rings. The van der Waals surface area contributed by atoms with Gasteiger partial charge in [0.1, 0.15) is 5.54 Å². The molecule has 2 fully saturated rings. The SMILES string of the molecule is O=C(c1ccco1)N1CCC2(CC1)C[C@]1(CO2)Nc2cc(Cl)ccc2-n2cccc21. The van der Waals surface area contributed by atoms with E-state index < -0.39 is 0 Å². The van der Waals surface area contributed by atoms with Gasteiger partial charge in [0.05, 0.1) is 35.5 Å². The van der Waals surface area contributed by atoms with Gasteiger partial charge in [-0.05, 0) is 55.3 Å². The van der Waals surface area contributed by atoms with E-state index in [0.29, 0.717) is 30.5 Å². The average molecular weight is 424 g/mol. The molecule has 0 bridgehead atoms. The molecule has 1 aromatic carbocycles. The molecule has 0 radical (unpaired) electrons. The number of amides is 1. The fourth-order valence-electron chi connectivity index (χ4n) is 5.29. The van der Waals surface area contributed by atoms with E-state index in [1.54, 1.807) is 12.1 Å². The van der Waals surface area contributed by atoms with Crippen molar-refractivity contribution in [3.8, 4) is 5.69 Å². The summed E-state index contributed by atoms with van der Waals surface area (Å²) in [6, 6.07) is 13.7. The van der Waals surface area contributed by atoms with Crippen LogP contribution >= 0.6 is 11.6 Å². The maximum absolute atomic E-state index is 12.6. The molecule has 1 atom stereocenters. The smallest absolute Gasteiger partial charge is 0.289 e. The van der Waals surface area contributed by atoms with Crippen LogP contribution in [0.25, 0.3) is 5.69 Å². The summed E-state index contributed by atoms with van der Waals surface area (Å²) in [4.78, 5) is 14.5. The molecule has 30 heavy (non-hydrogen) atoms. The van der Waals surface area contributed by atoms with Crippen LogP contribution in [0.5, 0.6) is 0 Å².